The number of thiophene rings is 1. The minimum absolute atomic E-state index is 0.0398. The van der Waals surface area contributed by atoms with Crippen LogP contribution in [0, 0.1) is 11.6 Å². The number of ketones is 1. The topological polar surface area (TPSA) is 76.1 Å². The fourth-order valence-corrected chi connectivity index (χ4v) is 4.71. The molecule has 4 rings (SSSR count). The van der Waals surface area contributed by atoms with E-state index in [1.54, 1.807) is 17.5 Å². The van der Waals surface area contributed by atoms with Crippen molar-refractivity contribution in [2.24, 2.45) is 0 Å². The first-order chi connectivity index (χ1) is 15.8. The van der Waals surface area contributed by atoms with Gasteiger partial charge in [-0.2, -0.15) is 0 Å². The third-order valence-corrected chi connectivity index (χ3v) is 6.37. The van der Waals surface area contributed by atoms with E-state index >= 15 is 0 Å². The van der Waals surface area contributed by atoms with E-state index in [1.807, 2.05) is 0 Å². The lowest BCUT2D eigenvalue weighted by molar-refractivity contribution is -0.132. The number of hydrogen-bond acceptors (Lipinski definition) is 6. The van der Waals surface area contributed by atoms with Crippen LogP contribution in [0.25, 0.3) is 5.76 Å². The van der Waals surface area contributed by atoms with Crippen molar-refractivity contribution in [3.05, 3.63) is 80.5 Å². The van der Waals surface area contributed by atoms with Gasteiger partial charge in [0.25, 0.3) is 11.7 Å². The van der Waals surface area contributed by atoms with Gasteiger partial charge in [0.05, 0.1) is 36.1 Å². The summed E-state index contributed by atoms with van der Waals surface area (Å²) in [6, 6.07) is 7.44. The normalized spacial score (nSPS) is 17.5. The van der Waals surface area contributed by atoms with Crippen LogP contribution in [0.2, 0.25) is 5.02 Å². The molecule has 1 aromatic heterocycles. The molecule has 1 aliphatic heterocycles. The van der Waals surface area contributed by atoms with E-state index < -0.39 is 40.8 Å². The zero-order chi connectivity index (χ0) is 23.9. The van der Waals surface area contributed by atoms with E-state index in [0.717, 1.165) is 23.1 Å². The Labute approximate surface area is 196 Å². The van der Waals surface area contributed by atoms with Gasteiger partial charge in [-0.05, 0) is 29.6 Å². The minimum Gasteiger partial charge on any atom is -0.507 e. The quantitative estimate of drug-likeness (QED) is 0.297. The smallest absolute Gasteiger partial charge is 0.300 e. The number of carbonyl (C=O) groups is 2. The maximum atomic E-state index is 14.7. The minimum atomic E-state index is -1.20. The number of amides is 1. The molecule has 3 aromatic rings. The van der Waals surface area contributed by atoms with Gasteiger partial charge in [0, 0.05) is 17.0 Å². The van der Waals surface area contributed by atoms with Crippen molar-refractivity contribution >= 4 is 46.1 Å². The Morgan fingerprint density at radius 1 is 1.09 bits per heavy atom. The number of hydrogen-bond donors (Lipinski definition) is 1. The third-order valence-electron chi connectivity index (χ3n) is 5.15. The number of rotatable bonds is 5. The number of halogens is 3. The molecule has 1 unspecified atom stereocenters. The number of aliphatic hydroxyl groups is 1. The summed E-state index contributed by atoms with van der Waals surface area (Å²) in [7, 11) is 2.71. The highest BCUT2D eigenvalue weighted by atomic mass is 35.5. The molecule has 33 heavy (non-hydrogen) atoms. The second kappa shape index (κ2) is 8.84. The van der Waals surface area contributed by atoms with Crippen molar-refractivity contribution in [1.29, 1.82) is 0 Å². The molecule has 0 spiro atoms. The lowest BCUT2D eigenvalue weighted by Crippen LogP contribution is -2.30. The molecule has 1 amide bonds. The summed E-state index contributed by atoms with van der Waals surface area (Å²) >= 11 is 7.32. The first kappa shape index (κ1) is 22.8. The lowest BCUT2D eigenvalue weighted by Gasteiger charge is -2.24. The molecule has 1 atom stereocenters. The van der Waals surface area contributed by atoms with Gasteiger partial charge in [0.2, 0.25) is 0 Å². The van der Waals surface area contributed by atoms with Crippen LogP contribution in [-0.4, -0.2) is 31.0 Å². The van der Waals surface area contributed by atoms with Gasteiger partial charge in [-0.1, -0.05) is 17.7 Å². The Morgan fingerprint density at radius 3 is 2.45 bits per heavy atom. The number of aliphatic hydroxyl groups excluding tert-OH is 1. The van der Waals surface area contributed by atoms with Crippen LogP contribution in [-0.2, 0) is 9.59 Å². The van der Waals surface area contributed by atoms with Crippen LogP contribution < -0.4 is 14.4 Å². The molecule has 170 valence electrons. The van der Waals surface area contributed by atoms with Gasteiger partial charge in [-0.25, -0.2) is 8.78 Å². The number of ether oxygens (including phenoxy) is 2. The number of Topliss-reactive ketones (excluding diaryl/α,β-unsaturated/α-hetero) is 1. The van der Waals surface area contributed by atoms with Crippen LogP contribution in [0.1, 0.15) is 16.5 Å². The van der Waals surface area contributed by atoms with Crippen molar-refractivity contribution in [2.75, 3.05) is 19.1 Å². The van der Waals surface area contributed by atoms with E-state index in [0.29, 0.717) is 4.88 Å². The van der Waals surface area contributed by atoms with Gasteiger partial charge >= 0.3 is 0 Å². The van der Waals surface area contributed by atoms with Gasteiger partial charge in [-0.15, -0.1) is 11.3 Å². The van der Waals surface area contributed by atoms with Crippen molar-refractivity contribution < 1.29 is 33.0 Å². The van der Waals surface area contributed by atoms with Gasteiger partial charge in [0.1, 0.15) is 34.9 Å². The SMILES string of the molecule is COc1cc(/C(O)=C2\C(=O)C(=O)N(c3cc(F)ccc3F)C2c2cccs2)c(OC)cc1Cl. The summed E-state index contributed by atoms with van der Waals surface area (Å²) in [5.74, 6) is -4.13. The zero-order valence-corrected chi connectivity index (χ0v) is 18.8. The predicted molar refractivity (Wildman–Crippen MR) is 120 cm³/mol. The number of carbonyl (C=O) groups excluding carboxylic acids is 2. The Morgan fingerprint density at radius 2 is 1.82 bits per heavy atom. The Hall–Kier alpha value is -3.43. The molecule has 1 N–H and O–H groups in total. The third kappa shape index (κ3) is 3.83. The molecule has 0 aliphatic carbocycles. The number of anilines is 1. The average molecular weight is 492 g/mol. The standard InChI is InChI=1S/C23H16ClF2NO5S/c1-31-16-10-13(24)17(32-2)9-12(16)21(28)19-20(18-4-3-7-33-18)27(23(30)22(19)29)15-8-11(25)5-6-14(15)26/h3-10,20,28H,1-2H3/b21-19+. The predicted octanol–water partition coefficient (Wildman–Crippen LogP) is 5.32. The van der Waals surface area contributed by atoms with E-state index in [9.17, 15) is 23.5 Å². The maximum absolute atomic E-state index is 14.7. The second-order valence-corrected chi connectivity index (χ2v) is 8.35. The van der Waals surface area contributed by atoms with Crippen molar-refractivity contribution in [3.8, 4) is 11.5 Å². The summed E-state index contributed by atoms with van der Waals surface area (Å²) in [5.41, 5.74) is -0.693. The Bertz CT molecular complexity index is 1290. The molecule has 2 heterocycles. The fraction of sp³-hybridized carbons (Fsp3) is 0.130. The van der Waals surface area contributed by atoms with E-state index in [4.69, 9.17) is 21.1 Å². The van der Waals surface area contributed by atoms with Crippen LogP contribution in [0.4, 0.5) is 14.5 Å². The Balaban J connectivity index is 2.00. The number of nitrogens with zero attached hydrogens (tertiary/aromatic N) is 1. The molecular formula is C23H16ClF2NO5S. The highest BCUT2D eigenvalue weighted by Crippen LogP contribution is 2.46. The molecule has 6 nitrogen and oxygen atoms in total. The van der Waals surface area contributed by atoms with Crippen molar-refractivity contribution in [3.63, 3.8) is 0 Å². The molecule has 10 heteroatoms. The molecule has 0 saturated carbocycles. The summed E-state index contributed by atoms with van der Waals surface area (Å²) in [4.78, 5) is 27.4. The van der Waals surface area contributed by atoms with Crippen LogP contribution in [0.3, 0.4) is 0 Å². The van der Waals surface area contributed by atoms with E-state index in [-0.39, 0.29) is 27.7 Å². The molecule has 1 saturated heterocycles. The van der Waals surface area contributed by atoms with Crippen LogP contribution >= 0.6 is 22.9 Å². The number of benzene rings is 2. The van der Waals surface area contributed by atoms with Crippen molar-refractivity contribution in [2.45, 2.75) is 6.04 Å². The fourth-order valence-electron chi connectivity index (χ4n) is 3.66. The zero-order valence-electron chi connectivity index (χ0n) is 17.3. The van der Waals surface area contributed by atoms with Crippen LogP contribution in [0.5, 0.6) is 11.5 Å². The molecule has 0 bridgehead atoms. The average Bonchev–Trinajstić information content (AvgIpc) is 3.42. The first-order valence-corrected chi connectivity index (χ1v) is 10.8. The molecule has 2 aromatic carbocycles. The molecule has 0 radical (unpaired) electrons. The van der Waals surface area contributed by atoms with Gasteiger partial charge < -0.3 is 14.6 Å². The lowest BCUT2D eigenvalue weighted by atomic mass is 9.99. The first-order valence-electron chi connectivity index (χ1n) is 9.49. The van der Waals surface area contributed by atoms with E-state index in [2.05, 4.69) is 0 Å². The highest BCUT2D eigenvalue weighted by Gasteiger charge is 2.48. The van der Waals surface area contributed by atoms with Crippen LogP contribution in [0.15, 0.2) is 53.4 Å². The second-order valence-electron chi connectivity index (χ2n) is 6.97. The monoisotopic (exact) mass is 491 g/mol. The Kier molecular flexibility index (Phi) is 6.09. The summed E-state index contributed by atoms with van der Waals surface area (Å²) < 4.78 is 39.1. The molecule has 1 aliphatic rings. The number of methoxy groups -OCH3 is 2. The molecular weight excluding hydrogens is 476 g/mol. The highest BCUT2D eigenvalue weighted by molar-refractivity contribution is 7.10. The van der Waals surface area contributed by atoms with Crippen molar-refractivity contribution in [1.82, 2.24) is 0 Å². The van der Waals surface area contributed by atoms with Gasteiger partial charge in [0.15, 0.2) is 0 Å². The molecule has 1 fully saturated rings. The largest absolute Gasteiger partial charge is 0.507 e. The van der Waals surface area contributed by atoms with E-state index in [1.165, 1.54) is 37.7 Å². The van der Waals surface area contributed by atoms with Gasteiger partial charge in [-0.3, -0.25) is 14.5 Å². The summed E-state index contributed by atoms with van der Waals surface area (Å²) in [5, 5.41) is 13.1. The maximum Gasteiger partial charge on any atom is 0.300 e. The summed E-state index contributed by atoms with van der Waals surface area (Å²) in [6.45, 7) is 0. The summed E-state index contributed by atoms with van der Waals surface area (Å²) in [6.07, 6.45) is 0.